The molecule has 44 heavy (non-hydrogen) atoms. The lowest BCUT2D eigenvalue weighted by Crippen LogP contribution is -2.11. The lowest BCUT2D eigenvalue weighted by atomic mass is 10.1. The number of fused-ring (bicyclic) bond motifs is 2. The lowest BCUT2D eigenvalue weighted by Gasteiger charge is -2.05. The average molecular weight is 583 g/mol. The smallest absolute Gasteiger partial charge is 0.255 e. The van der Waals surface area contributed by atoms with Gasteiger partial charge in [0.15, 0.2) is 23.0 Å². The van der Waals surface area contributed by atoms with Crippen molar-refractivity contribution in [2.24, 2.45) is 0 Å². The maximum absolute atomic E-state index is 12.2. The third-order valence-corrected chi connectivity index (χ3v) is 6.87. The average Bonchev–Trinajstić information content (AvgIpc) is 3.74. The molecule has 0 unspecified atom stereocenters. The van der Waals surface area contributed by atoms with Crippen molar-refractivity contribution in [2.75, 3.05) is 24.6 Å². The molecule has 7 rings (SSSR count). The number of hydrogen-bond acceptors (Lipinski definition) is 6. The van der Waals surface area contributed by atoms with Gasteiger partial charge in [0.05, 0.1) is 0 Å². The van der Waals surface area contributed by atoms with Crippen molar-refractivity contribution in [1.29, 1.82) is 0 Å². The Balaban J connectivity index is 0.000000167. The Morgan fingerprint density at radius 2 is 1.00 bits per heavy atom. The van der Waals surface area contributed by atoms with Gasteiger partial charge in [-0.15, -0.1) is 0 Å². The van der Waals surface area contributed by atoms with E-state index in [1.54, 1.807) is 12.1 Å². The first-order chi connectivity index (χ1) is 21.6. The first-order valence-corrected chi connectivity index (χ1v) is 14.1. The van der Waals surface area contributed by atoms with E-state index in [9.17, 15) is 4.79 Å². The van der Waals surface area contributed by atoms with Crippen LogP contribution in [0.2, 0.25) is 0 Å². The summed E-state index contributed by atoms with van der Waals surface area (Å²) >= 11 is 0. The van der Waals surface area contributed by atoms with E-state index in [0.717, 1.165) is 56.6 Å². The summed E-state index contributed by atoms with van der Waals surface area (Å²) in [4.78, 5) is 12.2. The van der Waals surface area contributed by atoms with Crippen molar-refractivity contribution in [3.8, 4) is 23.0 Å². The molecule has 5 aromatic rings. The molecule has 0 atom stereocenters. The van der Waals surface area contributed by atoms with Crippen LogP contribution in [0.25, 0.3) is 24.3 Å². The third kappa shape index (κ3) is 7.27. The summed E-state index contributed by atoms with van der Waals surface area (Å²) in [6.07, 6.45) is 8.10. The van der Waals surface area contributed by atoms with Crippen LogP contribution in [0.4, 0.5) is 11.4 Å². The Labute approximate surface area is 255 Å². The molecule has 0 fully saturated rings. The standard InChI is InChI=1S/C22H17NO3.C15H13NO2/c24-22(18-4-2-1-3-5-18)23-19-11-8-16(9-12-19)6-7-17-10-13-20-21(14-17)26-15-25-20;16-13-6-3-11(4-7-13)1-2-12-5-8-14-15(9-12)18-10-17-14/h1-14H,15H2,(H,23,24);1-9H,10,16H2/b7-6+;2-1+. The van der Waals surface area contributed by atoms with E-state index < -0.39 is 0 Å². The predicted octanol–water partition coefficient (Wildman–Crippen LogP) is 8.01. The highest BCUT2D eigenvalue weighted by atomic mass is 16.7. The Morgan fingerprint density at radius 3 is 1.55 bits per heavy atom. The van der Waals surface area contributed by atoms with Gasteiger partial charge in [-0.1, -0.05) is 78.9 Å². The zero-order valence-electron chi connectivity index (χ0n) is 23.8. The molecule has 7 nitrogen and oxygen atoms in total. The van der Waals surface area contributed by atoms with Gasteiger partial charge in [-0.2, -0.15) is 0 Å². The topological polar surface area (TPSA) is 92.0 Å². The van der Waals surface area contributed by atoms with Crippen LogP contribution in [0.3, 0.4) is 0 Å². The zero-order chi connectivity index (χ0) is 30.1. The normalized spacial score (nSPS) is 12.6. The van der Waals surface area contributed by atoms with Gasteiger partial charge in [-0.05, 0) is 82.9 Å². The van der Waals surface area contributed by atoms with E-state index in [2.05, 4.69) is 5.32 Å². The van der Waals surface area contributed by atoms with Crippen LogP contribution in [-0.2, 0) is 0 Å². The van der Waals surface area contributed by atoms with Crippen LogP contribution >= 0.6 is 0 Å². The van der Waals surface area contributed by atoms with Crippen molar-refractivity contribution < 1.29 is 23.7 Å². The van der Waals surface area contributed by atoms with Crippen LogP contribution in [0.15, 0.2) is 115 Å². The monoisotopic (exact) mass is 582 g/mol. The summed E-state index contributed by atoms with van der Waals surface area (Å²) in [7, 11) is 0. The number of nitrogen functional groups attached to an aromatic ring is 1. The first-order valence-electron chi connectivity index (χ1n) is 14.1. The van der Waals surface area contributed by atoms with Crippen LogP contribution in [-0.4, -0.2) is 19.5 Å². The van der Waals surface area contributed by atoms with Gasteiger partial charge in [0, 0.05) is 16.9 Å². The number of hydrogen-bond donors (Lipinski definition) is 2. The molecule has 0 aromatic heterocycles. The van der Waals surface area contributed by atoms with Gasteiger partial charge in [-0.25, -0.2) is 0 Å². The SMILES string of the molecule is Nc1ccc(/C=C/c2ccc3c(c2)OCO3)cc1.O=C(Nc1ccc(/C=C/c2ccc3c(c2)OCO3)cc1)c1ccccc1. The van der Waals surface area contributed by atoms with Crippen LogP contribution in [0, 0.1) is 0 Å². The first kappa shape index (κ1) is 28.2. The Morgan fingerprint density at radius 1 is 0.545 bits per heavy atom. The van der Waals surface area contributed by atoms with Gasteiger partial charge in [0.1, 0.15) is 0 Å². The number of carbonyl (C=O) groups is 1. The van der Waals surface area contributed by atoms with E-state index in [1.807, 2.05) is 127 Å². The molecule has 0 bridgehead atoms. The fraction of sp³-hybridized carbons (Fsp3) is 0.0541. The summed E-state index contributed by atoms with van der Waals surface area (Å²) in [6.45, 7) is 0.582. The second-order valence-corrected chi connectivity index (χ2v) is 10.0. The molecule has 5 aromatic carbocycles. The van der Waals surface area contributed by atoms with Crippen LogP contribution in [0.5, 0.6) is 23.0 Å². The van der Waals surface area contributed by atoms with Gasteiger partial charge in [0.25, 0.3) is 5.91 Å². The van der Waals surface area contributed by atoms with Crippen molar-refractivity contribution >= 4 is 41.6 Å². The quantitative estimate of drug-likeness (QED) is 0.156. The Kier molecular flexibility index (Phi) is 8.55. The molecular formula is C37H30N2O5. The van der Waals surface area contributed by atoms with Gasteiger partial charge < -0.3 is 30.0 Å². The zero-order valence-corrected chi connectivity index (χ0v) is 23.8. The minimum absolute atomic E-state index is 0.116. The molecule has 0 saturated heterocycles. The molecule has 2 aliphatic rings. The van der Waals surface area contributed by atoms with Gasteiger partial charge in [0.2, 0.25) is 13.6 Å². The molecule has 0 spiro atoms. The van der Waals surface area contributed by atoms with Crippen LogP contribution < -0.4 is 30.0 Å². The number of benzene rings is 5. The van der Waals surface area contributed by atoms with Gasteiger partial charge >= 0.3 is 0 Å². The Hall–Kier alpha value is -5.95. The summed E-state index contributed by atoms with van der Waals surface area (Å²) in [6, 6.07) is 36.3. The minimum atomic E-state index is -0.116. The molecule has 7 heteroatoms. The van der Waals surface area contributed by atoms with Crippen LogP contribution in [0.1, 0.15) is 32.6 Å². The molecule has 0 aliphatic carbocycles. The number of rotatable bonds is 6. The molecule has 2 heterocycles. The fourth-order valence-electron chi connectivity index (χ4n) is 4.50. The Bertz CT molecular complexity index is 1800. The fourth-order valence-corrected chi connectivity index (χ4v) is 4.50. The third-order valence-electron chi connectivity index (χ3n) is 6.87. The number of nitrogens with one attached hydrogen (secondary N) is 1. The molecule has 1 amide bonds. The molecule has 3 N–H and O–H groups in total. The summed E-state index contributed by atoms with van der Waals surface area (Å²) < 4.78 is 21.3. The van der Waals surface area contributed by atoms with Crippen molar-refractivity contribution in [1.82, 2.24) is 0 Å². The highest BCUT2D eigenvalue weighted by Crippen LogP contribution is 2.34. The van der Waals surface area contributed by atoms with Crippen molar-refractivity contribution in [3.63, 3.8) is 0 Å². The van der Waals surface area contributed by atoms with E-state index >= 15 is 0 Å². The van der Waals surface area contributed by atoms with E-state index in [4.69, 9.17) is 24.7 Å². The maximum atomic E-state index is 12.2. The highest BCUT2D eigenvalue weighted by Gasteiger charge is 2.13. The minimum Gasteiger partial charge on any atom is -0.454 e. The molecule has 0 radical (unpaired) electrons. The molecular weight excluding hydrogens is 552 g/mol. The van der Waals surface area contributed by atoms with Crippen molar-refractivity contribution in [3.05, 3.63) is 143 Å². The summed E-state index contributed by atoms with van der Waals surface area (Å²) in [5, 5.41) is 2.89. The summed E-state index contributed by atoms with van der Waals surface area (Å²) in [5.74, 6) is 3.04. The summed E-state index contributed by atoms with van der Waals surface area (Å²) in [5.41, 5.74) is 12.1. The molecule has 2 aliphatic heterocycles. The number of carbonyl (C=O) groups excluding carboxylic acids is 1. The largest absolute Gasteiger partial charge is 0.454 e. The number of nitrogens with two attached hydrogens (primary N) is 1. The van der Waals surface area contributed by atoms with E-state index in [1.165, 1.54) is 0 Å². The highest BCUT2D eigenvalue weighted by molar-refractivity contribution is 6.04. The molecule has 218 valence electrons. The number of anilines is 2. The van der Waals surface area contributed by atoms with E-state index in [-0.39, 0.29) is 12.7 Å². The second kappa shape index (κ2) is 13.4. The van der Waals surface area contributed by atoms with E-state index in [0.29, 0.717) is 12.4 Å². The van der Waals surface area contributed by atoms with Crippen molar-refractivity contribution in [2.45, 2.75) is 0 Å². The molecule has 0 saturated carbocycles. The predicted molar refractivity (Wildman–Crippen MR) is 175 cm³/mol. The number of ether oxygens (including phenoxy) is 4. The number of amides is 1. The second-order valence-electron chi connectivity index (χ2n) is 10.0. The lowest BCUT2D eigenvalue weighted by molar-refractivity contribution is 0.102. The maximum Gasteiger partial charge on any atom is 0.255 e. The van der Waals surface area contributed by atoms with Gasteiger partial charge in [-0.3, -0.25) is 4.79 Å².